The lowest BCUT2D eigenvalue weighted by molar-refractivity contribution is 0.102. The number of hydrogen-bond acceptors (Lipinski definition) is 5. The van der Waals surface area contributed by atoms with Crippen molar-refractivity contribution in [1.29, 1.82) is 0 Å². The maximum atomic E-state index is 12.2. The number of amides is 1. The van der Waals surface area contributed by atoms with Crippen molar-refractivity contribution in [2.45, 2.75) is 0 Å². The molecule has 0 aromatic carbocycles. The van der Waals surface area contributed by atoms with E-state index in [2.05, 4.69) is 15.3 Å². The number of nitrogens with zero attached hydrogens (tertiary/aromatic N) is 4. The molecule has 0 aliphatic heterocycles. The molecule has 0 atom stereocenters. The summed E-state index contributed by atoms with van der Waals surface area (Å²) in [6.45, 7) is 0. The van der Waals surface area contributed by atoms with Crippen LogP contribution in [-0.4, -0.2) is 25.0 Å². The zero-order chi connectivity index (χ0) is 17.4. The van der Waals surface area contributed by atoms with Crippen LogP contribution in [0.5, 0.6) is 0 Å². The monoisotopic (exact) mass is 345 g/mol. The topological polar surface area (TPSA) is 98.9 Å². The first-order chi connectivity index (χ1) is 11.4. The van der Waals surface area contributed by atoms with Crippen LogP contribution in [0.4, 0.5) is 5.69 Å². The summed E-state index contributed by atoms with van der Waals surface area (Å²) in [7, 11) is 2.91. The number of fused-ring (bicyclic) bond motifs is 1. The third-order valence-electron chi connectivity index (χ3n) is 3.54. The minimum atomic E-state index is -0.483. The second-order valence-corrected chi connectivity index (χ2v) is 5.51. The molecule has 0 aliphatic rings. The Morgan fingerprint density at radius 2 is 1.92 bits per heavy atom. The molecule has 0 bridgehead atoms. The van der Waals surface area contributed by atoms with Gasteiger partial charge in [-0.05, 0) is 18.2 Å². The van der Waals surface area contributed by atoms with Gasteiger partial charge >= 0.3 is 5.69 Å². The third-order valence-corrected chi connectivity index (χ3v) is 3.75. The highest BCUT2D eigenvalue weighted by Gasteiger charge is 2.12. The molecule has 24 heavy (non-hydrogen) atoms. The van der Waals surface area contributed by atoms with E-state index in [4.69, 9.17) is 11.6 Å². The van der Waals surface area contributed by atoms with Gasteiger partial charge < -0.3 is 5.32 Å². The number of nitrogens with one attached hydrogen (secondary N) is 1. The van der Waals surface area contributed by atoms with E-state index in [9.17, 15) is 14.4 Å². The van der Waals surface area contributed by atoms with Gasteiger partial charge in [-0.2, -0.15) is 0 Å². The van der Waals surface area contributed by atoms with Crippen LogP contribution in [-0.2, 0) is 14.1 Å². The Morgan fingerprint density at radius 3 is 2.62 bits per heavy atom. The molecule has 3 heterocycles. The molecular formula is C15H12ClN5O3. The van der Waals surface area contributed by atoms with Gasteiger partial charge in [0.15, 0.2) is 0 Å². The van der Waals surface area contributed by atoms with Gasteiger partial charge in [0, 0.05) is 25.9 Å². The summed E-state index contributed by atoms with van der Waals surface area (Å²) in [5.41, 5.74) is -0.0560. The van der Waals surface area contributed by atoms with E-state index in [1.54, 1.807) is 0 Å². The Morgan fingerprint density at radius 1 is 1.17 bits per heavy atom. The molecule has 3 aromatic rings. The Labute approximate surface area is 140 Å². The summed E-state index contributed by atoms with van der Waals surface area (Å²) in [6, 6.07) is 4.41. The highest BCUT2D eigenvalue weighted by Crippen LogP contribution is 2.14. The summed E-state index contributed by atoms with van der Waals surface area (Å²) in [4.78, 5) is 44.2. The van der Waals surface area contributed by atoms with Crippen molar-refractivity contribution in [2.75, 3.05) is 5.32 Å². The molecule has 0 spiro atoms. The molecule has 8 nitrogen and oxygen atoms in total. The summed E-state index contributed by atoms with van der Waals surface area (Å²) >= 11 is 5.76. The van der Waals surface area contributed by atoms with Gasteiger partial charge in [0.05, 0.1) is 17.3 Å². The predicted molar refractivity (Wildman–Crippen MR) is 89.4 cm³/mol. The average Bonchev–Trinajstić information content (AvgIpc) is 2.58. The van der Waals surface area contributed by atoms with Crippen LogP contribution in [0.15, 0.2) is 40.2 Å². The Balaban J connectivity index is 2.04. The molecule has 0 unspecified atom stereocenters. The van der Waals surface area contributed by atoms with Crippen LogP contribution >= 0.6 is 11.6 Å². The predicted octanol–water partition coefficient (Wildman–Crippen LogP) is 0.933. The maximum absolute atomic E-state index is 12.2. The van der Waals surface area contributed by atoms with E-state index in [0.29, 0.717) is 11.3 Å². The summed E-state index contributed by atoms with van der Waals surface area (Å²) in [6.07, 6.45) is 2.79. The van der Waals surface area contributed by atoms with Gasteiger partial charge in [0.1, 0.15) is 10.8 Å². The number of halogens is 1. The number of anilines is 1. The molecule has 122 valence electrons. The first-order valence-electron chi connectivity index (χ1n) is 6.87. The van der Waals surface area contributed by atoms with Gasteiger partial charge in [0.2, 0.25) is 0 Å². The van der Waals surface area contributed by atoms with Gasteiger partial charge in [-0.3, -0.25) is 18.7 Å². The molecule has 0 saturated carbocycles. The standard InChI is InChI=1S/C15H12ClN5O3/c1-20-12-10(14(23)21(2)15(20)24)6-9(7-18-12)19-13(22)8-3-4-17-11(16)5-8/h3-7H,1-2H3,(H,19,22). The second kappa shape index (κ2) is 5.89. The van der Waals surface area contributed by atoms with Crippen LogP contribution in [0.1, 0.15) is 10.4 Å². The SMILES string of the molecule is Cn1c(=O)c2cc(NC(=O)c3ccnc(Cl)c3)cnc2n(C)c1=O. The van der Waals surface area contributed by atoms with E-state index in [1.165, 1.54) is 49.3 Å². The summed E-state index contributed by atoms with van der Waals surface area (Å²) in [5, 5.41) is 3.06. The van der Waals surface area contributed by atoms with Crippen molar-refractivity contribution in [2.24, 2.45) is 14.1 Å². The smallest absolute Gasteiger partial charge is 0.321 e. The van der Waals surface area contributed by atoms with Crippen molar-refractivity contribution in [3.63, 3.8) is 0 Å². The Kier molecular flexibility index (Phi) is 3.90. The number of hydrogen-bond donors (Lipinski definition) is 1. The minimum Gasteiger partial charge on any atom is -0.321 e. The first-order valence-corrected chi connectivity index (χ1v) is 7.25. The van der Waals surface area contributed by atoms with Crippen LogP contribution in [0.25, 0.3) is 11.0 Å². The number of aryl methyl sites for hydroxylation is 1. The lowest BCUT2D eigenvalue weighted by atomic mass is 10.2. The van der Waals surface area contributed by atoms with Crippen LogP contribution in [0.2, 0.25) is 5.15 Å². The number of carbonyl (C=O) groups excluding carboxylic acids is 1. The Hall–Kier alpha value is -3.00. The number of rotatable bonds is 2. The molecule has 0 aliphatic carbocycles. The zero-order valence-electron chi connectivity index (χ0n) is 12.8. The van der Waals surface area contributed by atoms with Crippen molar-refractivity contribution >= 4 is 34.2 Å². The fraction of sp³-hybridized carbons (Fsp3) is 0.133. The van der Waals surface area contributed by atoms with E-state index in [1.807, 2.05) is 0 Å². The average molecular weight is 346 g/mol. The maximum Gasteiger partial charge on any atom is 0.332 e. The largest absolute Gasteiger partial charge is 0.332 e. The van der Waals surface area contributed by atoms with Gasteiger partial charge in [0.25, 0.3) is 11.5 Å². The molecule has 0 fully saturated rings. The fourth-order valence-corrected chi connectivity index (χ4v) is 2.45. The highest BCUT2D eigenvalue weighted by atomic mass is 35.5. The number of carbonyl (C=O) groups is 1. The first kappa shape index (κ1) is 15.9. The van der Waals surface area contributed by atoms with Crippen LogP contribution < -0.4 is 16.6 Å². The lowest BCUT2D eigenvalue weighted by Gasteiger charge is -2.09. The van der Waals surface area contributed by atoms with E-state index >= 15 is 0 Å². The molecular weight excluding hydrogens is 334 g/mol. The van der Waals surface area contributed by atoms with E-state index in [0.717, 1.165) is 4.57 Å². The fourth-order valence-electron chi connectivity index (χ4n) is 2.28. The van der Waals surface area contributed by atoms with Gasteiger partial charge in [-0.25, -0.2) is 14.8 Å². The van der Waals surface area contributed by atoms with E-state index in [-0.39, 0.29) is 16.2 Å². The van der Waals surface area contributed by atoms with Crippen molar-refractivity contribution in [3.8, 4) is 0 Å². The number of pyridine rings is 2. The molecule has 1 amide bonds. The molecule has 9 heteroatoms. The normalized spacial score (nSPS) is 10.8. The van der Waals surface area contributed by atoms with Gasteiger partial charge in [-0.15, -0.1) is 0 Å². The molecule has 3 rings (SSSR count). The number of aromatic nitrogens is 4. The minimum absolute atomic E-state index is 0.197. The van der Waals surface area contributed by atoms with Crippen molar-refractivity contribution < 1.29 is 4.79 Å². The highest BCUT2D eigenvalue weighted by molar-refractivity contribution is 6.29. The van der Waals surface area contributed by atoms with Gasteiger partial charge in [-0.1, -0.05) is 11.6 Å². The second-order valence-electron chi connectivity index (χ2n) is 5.12. The summed E-state index contributed by atoms with van der Waals surface area (Å²) in [5.74, 6) is -0.415. The molecule has 3 aromatic heterocycles. The molecule has 1 N–H and O–H groups in total. The third kappa shape index (κ3) is 2.67. The summed E-state index contributed by atoms with van der Waals surface area (Å²) < 4.78 is 2.25. The van der Waals surface area contributed by atoms with Crippen molar-refractivity contribution in [1.82, 2.24) is 19.1 Å². The molecule has 0 radical (unpaired) electrons. The van der Waals surface area contributed by atoms with E-state index < -0.39 is 17.2 Å². The van der Waals surface area contributed by atoms with Crippen molar-refractivity contribution in [3.05, 3.63) is 62.1 Å². The molecule has 0 saturated heterocycles. The van der Waals surface area contributed by atoms with Crippen LogP contribution in [0, 0.1) is 0 Å². The Bertz CT molecular complexity index is 1090. The quantitative estimate of drug-likeness (QED) is 0.697. The zero-order valence-corrected chi connectivity index (χ0v) is 13.5. The lowest BCUT2D eigenvalue weighted by Crippen LogP contribution is -2.37. The van der Waals surface area contributed by atoms with Crippen LogP contribution in [0.3, 0.4) is 0 Å².